The summed E-state index contributed by atoms with van der Waals surface area (Å²) in [6, 6.07) is 26.6. The van der Waals surface area contributed by atoms with Gasteiger partial charge in [0, 0.05) is 35.2 Å². The molecule has 1 saturated heterocycles. The van der Waals surface area contributed by atoms with E-state index in [9.17, 15) is 9.59 Å². The Hall–Kier alpha value is -3.45. The molecule has 7 heteroatoms. The van der Waals surface area contributed by atoms with Crippen LogP contribution < -0.4 is 5.32 Å². The molecule has 210 valence electrons. The average molecular weight is 559 g/mol. The van der Waals surface area contributed by atoms with Crippen molar-refractivity contribution in [3.8, 4) is 11.1 Å². The van der Waals surface area contributed by atoms with Crippen molar-refractivity contribution in [2.75, 3.05) is 18.9 Å². The van der Waals surface area contributed by atoms with E-state index in [1.807, 2.05) is 68.1 Å². The van der Waals surface area contributed by atoms with Crippen LogP contribution >= 0.6 is 11.8 Å². The van der Waals surface area contributed by atoms with Crippen molar-refractivity contribution in [1.29, 1.82) is 0 Å². The zero-order chi connectivity index (χ0) is 28.1. The maximum atomic E-state index is 13.2. The summed E-state index contributed by atoms with van der Waals surface area (Å²) in [5, 5.41) is 3.13. The maximum Gasteiger partial charge on any atom is 0.410 e. The number of amides is 2. The number of nitrogens with one attached hydrogen (secondary N) is 1. The first-order valence-electron chi connectivity index (χ1n) is 14.1. The van der Waals surface area contributed by atoms with Gasteiger partial charge in [-0.1, -0.05) is 66.7 Å². The van der Waals surface area contributed by atoms with E-state index >= 15 is 0 Å². The van der Waals surface area contributed by atoms with Gasteiger partial charge in [0.1, 0.15) is 12.2 Å². The molecule has 40 heavy (non-hydrogen) atoms. The fourth-order valence-electron chi connectivity index (χ4n) is 5.66. The Morgan fingerprint density at radius 2 is 1.57 bits per heavy atom. The summed E-state index contributed by atoms with van der Waals surface area (Å²) in [5.74, 6) is 0.681. The Morgan fingerprint density at radius 1 is 0.950 bits per heavy atom. The molecule has 1 N–H and O–H groups in total. The first kappa shape index (κ1) is 28.1. The van der Waals surface area contributed by atoms with E-state index in [1.54, 1.807) is 11.8 Å². The molecule has 0 radical (unpaired) electrons. The van der Waals surface area contributed by atoms with Crippen molar-refractivity contribution in [3.05, 3.63) is 90.0 Å². The lowest BCUT2D eigenvalue weighted by Gasteiger charge is -2.31. The van der Waals surface area contributed by atoms with Crippen molar-refractivity contribution in [2.24, 2.45) is 0 Å². The van der Waals surface area contributed by atoms with Crippen molar-refractivity contribution < 1.29 is 19.1 Å². The van der Waals surface area contributed by atoms with Crippen LogP contribution in [0.4, 0.5) is 9.59 Å². The highest BCUT2D eigenvalue weighted by molar-refractivity contribution is 7.99. The van der Waals surface area contributed by atoms with Gasteiger partial charge in [-0.25, -0.2) is 9.59 Å². The van der Waals surface area contributed by atoms with Crippen LogP contribution in [0.2, 0.25) is 0 Å². The lowest BCUT2D eigenvalue weighted by atomic mass is 9.98. The van der Waals surface area contributed by atoms with E-state index in [4.69, 9.17) is 9.47 Å². The van der Waals surface area contributed by atoms with Crippen molar-refractivity contribution in [2.45, 2.75) is 68.5 Å². The minimum atomic E-state index is -0.549. The van der Waals surface area contributed by atoms with E-state index < -0.39 is 11.7 Å². The zero-order valence-electron chi connectivity index (χ0n) is 23.5. The predicted octanol–water partition coefficient (Wildman–Crippen LogP) is 7.48. The van der Waals surface area contributed by atoms with Gasteiger partial charge in [0.15, 0.2) is 0 Å². The van der Waals surface area contributed by atoms with Gasteiger partial charge in [-0.05, 0) is 74.4 Å². The number of hydrogen-bond acceptors (Lipinski definition) is 5. The second-order valence-electron chi connectivity index (χ2n) is 11.5. The quantitative estimate of drug-likeness (QED) is 0.290. The molecule has 2 atom stereocenters. The minimum absolute atomic E-state index is 0.00473. The van der Waals surface area contributed by atoms with Crippen molar-refractivity contribution >= 4 is 23.9 Å². The third-order valence-electron chi connectivity index (χ3n) is 7.42. The molecule has 0 unspecified atom stereocenters. The lowest BCUT2D eigenvalue weighted by Crippen LogP contribution is -2.45. The minimum Gasteiger partial charge on any atom is -0.449 e. The molecule has 3 aromatic rings. The summed E-state index contributed by atoms with van der Waals surface area (Å²) in [7, 11) is 0. The number of rotatable bonds is 8. The summed E-state index contributed by atoms with van der Waals surface area (Å²) in [6.45, 7) is 6.59. The molecule has 6 nitrogen and oxygen atoms in total. The number of carbonyl (C=O) groups is 2. The molecule has 0 bridgehead atoms. The van der Waals surface area contributed by atoms with E-state index in [0.29, 0.717) is 18.7 Å². The normalized spacial score (nSPS) is 17.2. The Kier molecular flexibility index (Phi) is 8.69. The van der Waals surface area contributed by atoms with Gasteiger partial charge in [-0.2, -0.15) is 0 Å². The van der Waals surface area contributed by atoms with Crippen LogP contribution in [0.25, 0.3) is 11.1 Å². The van der Waals surface area contributed by atoms with Gasteiger partial charge in [0.05, 0.1) is 0 Å². The van der Waals surface area contributed by atoms with E-state index in [0.717, 1.165) is 17.7 Å². The number of fused-ring (bicyclic) bond motifs is 3. The van der Waals surface area contributed by atoms with E-state index in [1.165, 1.54) is 22.3 Å². The molecule has 0 spiro atoms. The van der Waals surface area contributed by atoms with Crippen LogP contribution in [-0.4, -0.2) is 53.7 Å². The molecule has 0 aromatic heterocycles. The predicted molar refractivity (Wildman–Crippen MR) is 160 cm³/mol. The topological polar surface area (TPSA) is 67.9 Å². The van der Waals surface area contributed by atoms with Gasteiger partial charge in [0.25, 0.3) is 0 Å². The van der Waals surface area contributed by atoms with Crippen LogP contribution in [0, 0.1) is 0 Å². The number of thioether (sulfide) groups is 1. The summed E-state index contributed by atoms with van der Waals surface area (Å²) in [6.07, 6.45) is 1.74. The zero-order valence-corrected chi connectivity index (χ0v) is 24.3. The first-order valence-corrected chi connectivity index (χ1v) is 15.1. The van der Waals surface area contributed by atoms with Gasteiger partial charge >= 0.3 is 12.2 Å². The van der Waals surface area contributed by atoms with Crippen LogP contribution in [0.5, 0.6) is 0 Å². The molecular weight excluding hydrogens is 520 g/mol. The van der Waals surface area contributed by atoms with Crippen LogP contribution in [0.1, 0.15) is 57.1 Å². The Labute approximate surface area is 241 Å². The lowest BCUT2D eigenvalue weighted by molar-refractivity contribution is 0.0215. The Balaban J connectivity index is 1.25. The molecule has 1 fully saturated rings. The summed E-state index contributed by atoms with van der Waals surface area (Å²) >= 11 is 1.69. The number of alkyl carbamates (subject to hydrolysis) is 1. The second kappa shape index (κ2) is 12.4. The average Bonchev–Trinajstić information content (AvgIpc) is 3.53. The highest BCUT2D eigenvalue weighted by Gasteiger charge is 2.34. The molecule has 2 aliphatic rings. The monoisotopic (exact) mass is 558 g/mol. The maximum absolute atomic E-state index is 13.2. The van der Waals surface area contributed by atoms with E-state index in [-0.39, 0.29) is 30.7 Å². The van der Waals surface area contributed by atoms with E-state index in [2.05, 4.69) is 41.7 Å². The number of carbonyl (C=O) groups excluding carboxylic acids is 2. The number of hydrogen-bond donors (Lipinski definition) is 1. The van der Waals surface area contributed by atoms with Crippen LogP contribution in [0.15, 0.2) is 83.8 Å². The summed E-state index contributed by atoms with van der Waals surface area (Å²) in [4.78, 5) is 29.0. The molecule has 1 heterocycles. The molecular formula is C33H38N2O4S. The van der Waals surface area contributed by atoms with Crippen molar-refractivity contribution in [3.63, 3.8) is 0 Å². The summed E-state index contributed by atoms with van der Waals surface area (Å²) < 4.78 is 11.5. The SMILES string of the molecule is CC(C)(C)OC(=O)N1CCC[C@H]1C[C@H](CSc1ccccc1)NC(=O)OCC1c2ccccc2-c2ccccc21. The largest absolute Gasteiger partial charge is 0.449 e. The fraction of sp³-hybridized carbons (Fsp3) is 0.394. The second-order valence-corrected chi connectivity index (χ2v) is 12.6. The Morgan fingerprint density at radius 3 is 2.23 bits per heavy atom. The number of benzene rings is 3. The molecule has 2 amide bonds. The number of ether oxygens (including phenoxy) is 2. The Bertz CT molecular complexity index is 1280. The van der Waals surface area contributed by atoms with Gasteiger partial charge < -0.3 is 19.7 Å². The van der Waals surface area contributed by atoms with Gasteiger partial charge in [0.2, 0.25) is 0 Å². The molecule has 3 aromatic carbocycles. The highest BCUT2D eigenvalue weighted by atomic mass is 32.2. The van der Waals surface area contributed by atoms with Crippen LogP contribution in [-0.2, 0) is 9.47 Å². The highest BCUT2D eigenvalue weighted by Crippen LogP contribution is 2.44. The third-order valence-corrected chi connectivity index (χ3v) is 8.60. The van der Waals surface area contributed by atoms with Gasteiger partial charge in [-0.3, -0.25) is 0 Å². The molecule has 1 aliphatic heterocycles. The standard InChI is InChI=1S/C33H38N2O4S/c1-33(2,3)39-32(37)35-19-11-12-24(35)20-23(22-40-25-13-5-4-6-14-25)34-31(36)38-21-30-28-17-9-7-15-26(28)27-16-8-10-18-29(27)30/h4-10,13-18,23-24,30H,11-12,19-22H2,1-3H3,(H,34,36)/t23-,24+/m1/s1. The van der Waals surface area contributed by atoms with Crippen LogP contribution in [0.3, 0.4) is 0 Å². The van der Waals surface area contributed by atoms with Crippen molar-refractivity contribution in [1.82, 2.24) is 10.2 Å². The fourth-order valence-corrected chi connectivity index (χ4v) is 6.62. The third kappa shape index (κ3) is 6.81. The first-order chi connectivity index (χ1) is 19.3. The summed E-state index contributed by atoms with van der Waals surface area (Å²) in [5.41, 5.74) is 4.23. The number of nitrogens with zero attached hydrogens (tertiary/aromatic N) is 1. The molecule has 0 saturated carbocycles. The van der Waals surface area contributed by atoms with Gasteiger partial charge in [-0.15, -0.1) is 11.8 Å². The molecule has 1 aliphatic carbocycles. The smallest absolute Gasteiger partial charge is 0.410 e. The molecule has 5 rings (SSSR count). The number of likely N-dealkylation sites (tertiary alicyclic amines) is 1.